The number of rotatable bonds is 9. The van der Waals surface area contributed by atoms with Crippen molar-refractivity contribution in [3.8, 4) is 22.9 Å². The molecule has 202 valence electrons. The molecule has 1 atom stereocenters. The number of carbonyl (C=O) groups is 1. The van der Waals surface area contributed by atoms with Crippen molar-refractivity contribution in [1.82, 2.24) is 20.3 Å². The largest absolute Gasteiger partial charge is 0.437 e. The van der Waals surface area contributed by atoms with Gasteiger partial charge >= 0.3 is 0 Å². The molecule has 4 aromatic rings. The van der Waals surface area contributed by atoms with E-state index < -0.39 is 0 Å². The summed E-state index contributed by atoms with van der Waals surface area (Å²) in [5.41, 5.74) is 3.45. The maximum absolute atomic E-state index is 12.3. The smallest absolute Gasteiger partial charge is 0.228 e. The van der Waals surface area contributed by atoms with Gasteiger partial charge in [-0.1, -0.05) is 24.3 Å². The number of nitrogens with zero attached hydrogens (tertiary/aromatic N) is 3. The Labute approximate surface area is 234 Å². The lowest BCUT2D eigenvalue weighted by Crippen LogP contribution is -2.38. The van der Waals surface area contributed by atoms with Crippen LogP contribution in [-0.4, -0.2) is 46.4 Å². The molecule has 1 saturated carbocycles. The number of aromatic nitrogens is 3. The topological polar surface area (TPSA) is 101 Å². The Balaban J connectivity index is 0.00000308. The molecule has 3 heterocycles. The van der Waals surface area contributed by atoms with E-state index in [-0.39, 0.29) is 24.1 Å². The summed E-state index contributed by atoms with van der Waals surface area (Å²) in [4.78, 5) is 26.1. The summed E-state index contributed by atoms with van der Waals surface area (Å²) in [5.74, 6) is 2.33. The fourth-order valence-electron chi connectivity index (χ4n) is 4.96. The van der Waals surface area contributed by atoms with E-state index in [0.29, 0.717) is 24.4 Å². The first-order chi connectivity index (χ1) is 18.7. The fraction of sp³-hybridized carbons (Fsp3) is 0.333. The minimum atomic E-state index is 0. The average Bonchev–Trinajstić information content (AvgIpc) is 3.80. The molecule has 2 fully saturated rings. The molecule has 1 aliphatic carbocycles. The number of Topliss-reactive ketones (excluding diaryl/α,β-unsaturated/α-hetero) is 1. The number of fused-ring (bicyclic) bond motifs is 1. The minimum absolute atomic E-state index is 0. The molecule has 0 radical (unpaired) electrons. The number of carbonyl (C=O) groups excluding carboxylic acids is 1. The van der Waals surface area contributed by atoms with Gasteiger partial charge < -0.3 is 20.7 Å². The number of benzene rings is 2. The molecule has 1 aliphatic heterocycles. The SMILES string of the molecule is Cc1ccc2c(NCC(=O)C3CC3)cccc2c1Oc1ncccc1-c1ccnc(NC2CCCNC2)n1.Cl. The van der Waals surface area contributed by atoms with Crippen molar-refractivity contribution >= 4 is 40.6 Å². The molecule has 3 N–H and O–H groups in total. The minimum Gasteiger partial charge on any atom is -0.437 e. The maximum atomic E-state index is 12.3. The highest BCUT2D eigenvalue weighted by Gasteiger charge is 2.29. The van der Waals surface area contributed by atoms with Crippen LogP contribution in [-0.2, 0) is 4.79 Å². The van der Waals surface area contributed by atoms with Gasteiger partial charge in [-0.25, -0.2) is 15.0 Å². The van der Waals surface area contributed by atoms with Crippen molar-refractivity contribution in [2.75, 3.05) is 30.3 Å². The van der Waals surface area contributed by atoms with Crippen LogP contribution in [0, 0.1) is 12.8 Å². The quantitative estimate of drug-likeness (QED) is 0.244. The van der Waals surface area contributed by atoms with Gasteiger partial charge in [0.25, 0.3) is 0 Å². The number of pyridine rings is 1. The van der Waals surface area contributed by atoms with Crippen molar-refractivity contribution in [2.24, 2.45) is 5.92 Å². The molecule has 6 rings (SSSR count). The Morgan fingerprint density at radius 3 is 2.74 bits per heavy atom. The number of ether oxygens (including phenoxy) is 1. The molecule has 39 heavy (non-hydrogen) atoms. The first-order valence-electron chi connectivity index (χ1n) is 13.4. The summed E-state index contributed by atoms with van der Waals surface area (Å²) >= 11 is 0. The van der Waals surface area contributed by atoms with Gasteiger partial charge in [0.1, 0.15) is 5.75 Å². The Morgan fingerprint density at radius 2 is 1.92 bits per heavy atom. The van der Waals surface area contributed by atoms with Crippen LogP contribution in [0.2, 0.25) is 0 Å². The van der Waals surface area contributed by atoms with Crippen molar-refractivity contribution in [3.63, 3.8) is 0 Å². The Morgan fingerprint density at radius 1 is 1.03 bits per heavy atom. The monoisotopic (exact) mass is 544 g/mol. The van der Waals surface area contributed by atoms with Gasteiger partial charge in [-0.3, -0.25) is 4.79 Å². The summed E-state index contributed by atoms with van der Waals surface area (Å²) in [7, 11) is 0. The Bertz CT molecular complexity index is 1470. The van der Waals surface area contributed by atoms with Gasteiger partial charge in [0.15, 0.2) is 5.78 Å². The van der Waals surface area contributed by atoms with Crippen LogP contribution in [0.3, 0.4) is 0 Å². The summed E-state index contributed by atoms with van der Waals surface area (Å²) in [6.45, 7) is 4.33. The third-order valence-electron chi connectivity index (χ3n) is 7.23. The van der Waals surface area contributed by atoms with Gasteiger partial charge in [-0.15, -0.1) is 12.4 Å². The number of anilines is 2. The van der Waals surface area contributed by atoms with Gasteiger partial charge in [0.05, 0.1) is 17.8 Å². The van der Waals surface area contributed by atoms with E-state index in [2.05, 4.69) is 32.0 Å². The number of aryl methyl sites for hydroxylation is 1. The molecule has 8 nitrogen and oxygen atoms in total. The number of halogens is 1. The molecular formula is C30H33ClN6O2. The summed E-state index contributed by atoms with van der Waals surface area (Å²) in [5, 5.41) is 12.2. The van der Waals surface area contributed by atoms with Crippen molar-refractivity contribution in [3.05, 3.63) is 66.5 Å². The Hall–Kier alpha value is -3.75. The summed E-state index contributed by atoms with van der Waals surface area (Å²) in [6, 6.07) is 16.2. The van der Waals surface area contributed by atoms with Crippen LogP contribution in [0.15, 0.2) is 60.9 Å². The highest BCUT2D eigenvalue weighted by Crippen LogP contribution is 2.39. The zero-order chi connectivity index (χ0) is 25.9. The maximum Gasteiger partial charge on any atom is 0.228 e. The second-order valence-electron chi connectivity index (χ2n) is 10.1. The number of ketones is 1. The third kappa shape index (κ3) is 6.13. The standard InChI is InChI=1S/C30H32N6O2.ClH/c1-19-9-12-22-23(6-2-8-25(22)34-18-27(37)20-10-11-20)28(19)38-29-24(7-4-15-32-29)26-13-16-33-30(36-26)35-21-5-3-14-31-17-21;/h2,4,6-9,12-13,15-16,20-21,31,34H,3,5,10-11,14,17-18H2,1H3,(H,33,35,36);1H. The van der Waals surface area contributed by atoms with Crippen LogP contribution in [0.4, 0.5) is 11.6 Å². The lowest BCUT2D eigenvalue weighted by Gasteiger charge is -2.23. The van der Waals surface area contributed by atoms with Gasteiger partial charge in [-0.05, 0) is 69.0 Å². The highest BCUT2D eigenvalue weighted by molar-refractivity contribution is 6.00. The zero-order valence-corrected chi connectivity index (χ0v) is 22.8. The summed E-state index contributed by atoms with van der Waals surface area (Å²) in [6.07, 6.45) is 7.75. The molecule has 2 aliphatic rings. The van der Waals surface area contributed by atoms with Crippen molar-refractivity contribution < 1.29 is 9.53 Å². The third-order valence-corrected chi connectivity index (χ3v) is 7.23. The molecule has 0 spiro atoms. The van der Waals surface area contributed by atoms with E-state index in [1.54, 1.807) is 12.4 Å². The van der Waals surface area contributed by atoms with Crippen LogP contribution in [0.5, 0.6) is 11.6 Å². The van der Waals surface area contributed by atoms with Crippen LogP contribution >= 0.6 is 12.4 Å². The predicted octanol–water partition coefficient (Wildman–Crippen LogP) is 5.77. The second kappa shape index (κ2) is 12.0. The normalized spacial score (nSPS) is 16.8. The number of hydrogen-bond acceptors (Lipinski definition) is 8. The van der Waals surface area contributed by atoms with Crippen molar-refractivity contribution in [1.29, 1.82) is 0 Å². The number of nitrogens with one attached hydrogen (secondary N) is 3. The van der Waals surface area contributed by atoms with Crippen molar-refractivity contribution in [2.45, 2.75) is 38.6 Å². The van der Waals surface area contributed by atoms with Crippen LogP contribution in [0.25, 0.3) is 22.0 Å². The second-order valence-corrected chi connectivity index (χ2v) is 10.1. The first-order valence-corrected chi connectivity index (χ1v) is 13.4. The summed E-state index contributed by atoms with van der Waals surface area (Å²) < 4.78 is 6.53. The van der Waals surface area contributed by atoms with E-state index >= 15 is 0 Å². The molecule has 1 saturated heterocycles. The van der Waals surface area contributed by atoms with Gasteiger partial charge in [-0.2, -0.15) is 0 Å². The van der Waals surface area contributed by atoms with E-state index in [1.807, 2.05) is 49.4 Å². The predicted molar refractivity (Wildman–Crippen MR) is 157 cm³/mol. The number of hydrogen-bond donors (Lipinski definition) is 3. The van der Waals surface area contributed by atoms with E-state index in [9.17, 15) is 4.79 Å². The van der Waals surface area contributed by atoms with Crippen LogP contribution in [0.1, 0.15) is 31.2 Å². The van der Waals surface area contributed by atoms with E-state index in [4.69, 9.17) is 9.72 Å². The number of piperidine rings is 1. The van der Waals surface area contributed by atoms with Gasteiger partial charge in [0, 0.05) is 47.4 Å². The zero-order valence-electron chi connectivity index (χ0n) is 21.9. The molecule has 2 aromatic carbocycles. The van der Waals surface area contributed by atoms with E-state index in [0.717, 1.165) is 77.8 Å². The average molecular weight is 545 g/mol. The van der Waals surface area contributed by atoms with E-state index in [1.165, 1.54) is 0 Å². The molecule has 0 bridgehead atoms. The molecule has 1 unspecified atom stereocenters. The molecule has 2 aromatic heterocycles. The molecule has 9 heteroatoms. The van der Waals surface area contributed by atoms with Crippen LogP contribution < -0.4 is 20.7 Å². The molecular weight excluding hydrogens is 512 g/mol. The van der Waals surface area contributed by atoms with Gasteiger partial charge in [0.2, 0.25) is 11.8 Å². The lowest BCUT2D eigenvalue weighted by atomic mass is 10.0. The highest BCUT2D eigenvalue weighted by atomic mass is 35.5. The first kappa shape index (κ1) is 26.8. The Kier molecular flexibility index (Phi) is 8.24. The lowest BCUT2D eigenvalue weighted by molar-refractivity contribution is -0.118. The fourth-order valence-corrected chi connectivity index (χ4v) is 4.96. The molecule has 0 amide bonds.